The lowest BCUT2D eigenvalue weighted by Crippen LogP contribution is -2.31. The molecule has 0 radical (unpaired) electrons. The third-order valence-electron chi connectivity index (χ3n) is 4.03. The van der Waals surface area contributed by atoms with E-state index in [1.165, 1.54) is 6.20 Å². The molecule has 5 N–H and O–H groups in total. The molecular formula is C15H25N5O2. The highest BCUT2D eigenvalue weighted by Crippen LogP contribution is 2.23. The molecule has 1 saturated carbocycles. The predicted octanol–water partition coefficient (Wildman–Crippen LogP) is 1.50. The zero-order chi connectivity index (χ0) is 16.1. The smallest absolute Gasteiger partial charge is 0.254 e. The molecule has 1 fully saturated rings. The van der Waals surface area contributed by atoms with Crippen LogP contribution in [0, 0.1) is 0 Å². The van der Waals surface area contributed by atoms with Crippen molar-refractivity contribution < 1.29 is 9.90 Å². The van der Waals surface area contributed by atoms with E-state index in [1.807, 2.05) is 6.92 Å². The fourth-order valence-corrected chi connectivity index (χ4v) is 2.55. The minimum absolute atomic E-state index is 0.0909. The summed E-state index contributed by atoms with van der Waals surface area (Å²) >= 11 is 0. The van der Waals surface area contributed by atoms with Gasteiger partial charge in [-0.05, 0) is 39.0 Å². The number of aliphatic hydroxyl groups is 1. The van der Waals surface area contributed by atoms with Crippen LogP contribution in [0.1, 0.15) is 56.3 Å². The maximum absolute atomic E-state index is 11.5. The molecule has 7 nitrogen and oxygen atoms in total. The number of rotatable bonds is 6. The van der Waals surface area contributed by atoms with Gasteiger partial charge in [0.05, 0.1) is 11.7 Å². The molecule has 3 atom stereocenters. The second-order valence-electron chi connectivity index (χ2n) is 5.94. The first-order valence-corrected chi connectivity index (χ1v) is 7.87. The van der Waals surface area contributed by atoms with Gasteiger partial charge < -0.3 is 21.5 Å². The van der Waals surface area contributed by atoms with Gasteiger partial charge in [-0.2, -0.15) is 4.98 Å². The van der Waals surface area contributed by atoms with E-state index in [4.69, 9.17) is 5.73 Å². The maximum atomic E-state index is 11.5. The Kier molecular flexibility index (Phi) is 5.54. The number of hydrogen-bond acceptors (Lipinski definition) is 6. The molecule has 0 aliphatic heterocycles. The van der Waals surface area contributed by atoms with Crippen LogP contribution in [-0.4, -0.2) is 39.2 Å². The minimum atomic E-state index is -0.561. The van der Waals surface area contributed by atoms with Crippen LogP contribution >= 0.6 is 0 Å². The Balaban J connectivity index is 2.18. The Morgan fingerprint density at radius 3 is 2.95 bits per heavy atom. The quantitative estimate of drug-likeness (QED) is 0.633. The summed E-state index contributed by atoms with van der Waals surface area (Å²) in [4.78, 5) is 20.1. The number of nitrogens with one attached hydrogen (secondary N) is 2. The van der Waals surface area contributed by atoms with E-state index in [2.05, 4.69) is 27.5 Å². The van der Waals surface area contributed by atoms with Gasteiger partial charge in [0, 0.05) is 18.3 Å². The first-order chi connectivity index (χ1) is 10.5. The molecule has 0 unspecified atom stereocenters. The lowest BCUT2D eigenvalue weighted by molar-refractivity contribution is 0.100. The number of amides is 1. The van der Waals surface area contributed by atoms with Crippen LogP contribution < -0.4 is 16.4 Å². The molecule has 0 bridgehead atoms. The number of aromatic nitrogens is 2. The molecule has 122 valence electrons. The Morgan fingerprint density at radius 2 is 2.32 bits per heavy atom. The maximum Gasteiger partial charge on any atom is 0.254 e. The Labute approximate surface area is 130 Å². The molecule has 7 heteroatoms. The van der Waals surface area contributed by atoms with E-state index >= 15 is 0 Å². The zero-order valence-corrected chi connectivity index (χ0v) is 13.2. The van der Waals surface area contributed by atoms with Crippen molar-refractivity contribution in [3.05, 3.63) is 11.8 Å². The number of carbonyl (C=O) groups excluding carboxylic acids is 1. The molecule has 0 aromatic carbocycles. The van der Waals surface area contributed by atoms with E-state index in [9.17, 15) is 9.90 Å². The fourth-order valence-electron chi connectivity index (χ4n) is 2.55. The second kappa shape index (κ2) is 7.40. The molecule has 1 aromatic rings. The molecule has 1 aliphatic rings. The van der Waals surface area contributed by atoms with Gasteiger partial charge in [-0.15, -0.1) is 0 Å². The molecule has 1 amide bonds. The lowest BCUT2D eigenvalue weighted by Gasteiger charge is -2.27. The van der Waals surface area contributed by atoms with Gasteiger partial charge in [0.2, 0.25) is 5.95 Å². The number of nitrogens with zero attached hydrogens (tertiary/aromatic N) is 2. The van der Waals surface area contributed by atoms with Gasteiger partial charge in [-0.1, -0.05) is 6.92 Å². The summed E-state index contributed by atoms with van der Waals surface area (Å²) in [6.07, 6.45) is 5.45. The van der Waals surface area contributed by atoms with Crippen molar-refractivity contribution in [3.63, 3.8) is 0 Å². The van der Waals surface area contributed by atoms with Crippen LogP contribution in [0.25, 0.3) is 0 Å². The first-order valence-electron chi connectivity index (χ1n) is 7.87. The van der Waals surface area contributed by atoms with Crippen molar-refractivity contribution in [1.29, 1.82) is 0 Å². The Morgan fingerprint density at radius 1 is 1.55 bits per heavy atom. The van der Waals surface area contributed by atoms with Crippen LogP contribution in [0.5, 0.6) is 0 Å². The average molecular weight is 307 g/mol. The van der Waals surface area contributed by atoms with Crippen LogP contribution in [-0.2, 0) is 0 Å². The number of aliphatic hydroxyl groups excluding tert-OH is 1. The molecular weight excluding hydrogens is 282 g/mol. The molecule has 2 rings (SSSR count). The average Bonchev–Trinajstić information content (AvgIpc) is 2.47. The van der Waals surface area contributed by atoms with Crippen molar-refractivity contribution in [2.75, 3.05) is 10.6 Å². The molecule has 1 heterocycles. The summed E-state index contributed by atoms with van der Waals surface area (Å²) in [6, 6.07) is 0.331. The predicted molar refractivity (Wildman–Crippen MR) is 85.8 cm³/mol. The van der Waals surface area contributed by atoms with Crippen LogP contribution in [0.2, 0.25) is 0 Å². The lowest BCUT2D eigenvalue weighted by atomic mass is 9.93. The number of anilines is 2. The van der Waals surface area contributed by atoms with Crippen LogP contribution in [0.4, 0.5) is 11.8 Å². The van der Waals surface area contributed by atoms with E-state index in [-0.39, 0.29) is 23.8 Å². The number of primary amides is 1. The standard InChI is InChI=1S/C15H25N5O2/c1-3-9(2)18-15-17-8-12(13(16)22)14(20-15)19-10-5-4-6-11(21)7-10/h8-11,21H,3-7H2,1-2H3,(H2,16,22)(H2,17,18,19,20)/t9-,10-,11+/m1/s1. The third-order valence-corrected chi connectivity index (χ3v) is 4.03. The van der Waals surface area contributed by atoms with Crippen LogP contribution in [0.3, 0.4) is 0 Å². The van der Waals surface area contributed by atoms with E-state index in [0.29, 0.717) is 18.2 Å². The van der Waals surface area contributed by atoms with Gasteiger partial charge in [-0.25, -0.2) is 4.98 Å². The summed E-state index contributed by atoms with van der Waals surface area (Å²) < 4.78 is 0. The number of carbonyl (C=O) groups is 1. The zero-order valence-electron chi connectivity index (χ0n) is 13.2. The first kappa shape index (κ1) is 16.5. The summed E-state index contributed by atoms with van der Waals surface area (Å²) in [5.41, 5.74) is 5.67. The number of hydrogen-bond donors (Lipinski definition) is 4. The van der Waals surface area contributed by atoms with Gasteiger partial charge >= 0.3 is 0 Å². The van der Waals surface area contributed by atoms with Crippen molar-refractivity contribution in [2.45, 2.75) is 64.1 Å². The van der Waals surface area contributed by atoms with Crippen LogP contribution in [0.15, 0.2) is 6.20 Å². The molecule has 0 saturated heterocycles. The summed E-state index contributed by atoms with van der Waals surface area (Å²) in [7, 11) is 0. The highest BCUT2D eigenvalue weighted by molar-refractivity contribution is 5.97. The van der Waals surface area contributed by atoms with E-state index in [0.717, 1.165) is 25.7 Å². The fraction of sp³-hybridized carbons (Fsp3) is 0.667. The summed E-state index contributed by atoms with van der Waals surface area (Å²) in [5, 5.41) is 16.2. The summed E-state index contributed by atoms with van der Waals surface area (Å²) in [5.74, 6) is 0.347. The molecule has 1 aromatic heterocycles. The summed E-state index contributed by atoms with van der Waals surface area (Å²) in [6.45, 7) is 4.11. The monoisotopic (exact) mass is 307 g/mol. The minimum Gasteiger partial charge on any atom is -0.393 e. The molecule has 22 heavy (non-hydrogen) atoms. The molecule has 0 spiro atoms. The van der Waals surface area contributed by atoms with Crippen molar-refractivity contribution in [1.82, 2.24) is 9.97 Å². The van der Waals surface area contributed by atoms with Gasteiger partial charge in [-0.3, -0.25) is 4.79 Å². The second-order valence-corrected chi connectivity index (χ2v) is 5.94. The highest BCUT2D eigenvalue weighted by Gasteiger charge is 2.22. The Hall–Kier alpha value is -1.89. The van der Waals surface area contributed by atoms with Gasteiger partial charge in [0.25, 0.3) is 5.91 Å². The van der Waals surface area contributed by atoms with E-state index < -0.39 is 5.91 Å². The SMILES string of the molecule is CC[C@@H](C)Nc1ncc(C(N)=O)c(N[C@@H]2CCC[C@H](O)C2)n1. The number of nitrogens with two attached hydrogens (primary N) is 1. The largest absolute Gasteiger partial charge is 0.393 e. The topological polar surface area (TPSA) is 113 Å². The Bertz CT molecular complexity index is 523. The van der Waals surface area contributed by atoms with Crippen molar-refractivity contribution >= 4 is 17.7 Å². The molecule has 1 aliphatic carbocycles. The van der Waals surface area contributed by atoms with Gasteiger partial charge in [0.1, 0.15) is 5.82 Å². The van der Waals surface area contributed by atoms with Crippen molar-refractivity contribution in [2.24, 2.45) is 5.73 Å². The normalized spacial score (nSPS) is 22.9. The third kappa shape index (κ3) is 4.30. The van der Waals surface area contributed by atoms with E-state index in [1.54, 1.807) is 0 Å². The van der Waals surface area contributed by atoms with Gasteiger partial charge in [0.15, 0.2) is 0 Å². The highest BCUT2D eigenvalue weighted by atomic mass is 16.3. The van der Waals surface area contributed by atoms with Crippen molar-refractivity contribution in [3.8, 4) is 0 Å².